The first-order chi connectivity index (χ1) is 8.25. The van der Waals surface area contributed by atoms with Gasteiger partial charge in [0.05, 0.1) is 17.4 Å². The summed E-state index contributed by atoms with van der Waals surface area (Å²) in [5, 5.41) is 6.34. The molecular weight excluding hydrogens is 222 g/mol. The van der Waals surface area contributed by atoms with E-state index < -0.39 is 0 Å². The Bertz CT molecular complexity index is 591. The Morgan fingerprint density at radius 2 is 2.24 bits per heavy atom. The van der Waals surface area contributed by atoms with Gasteiger partial charge in [-0.15, -0.1) is 0 Å². The Hall–Kier alpha value is -2.50. The molecule has 0 saturated carbocycles. The minimum atomic E-state index is -0.173. The van der Waals surface area contributed by atoms with Gasteiger partial charge < -0.3 is 20.3 Å². The molecule has 1 amide bonds. The monoisotopic (exact) mass is 231 g/mol. The van der Waals surface area contributed by atoms with Crippen molar-refractivity contribution in [1.29, 1.82) is 0 Å². The molecule has 0 spiro atoms. The number of fused-ring (bicyclic) bond motifs is 1. The van der Waals surface area contributed by atoms with Gasteiger partial charge in [-0.05, 0) is 6.07 Å². The lowest BCUT2D eigenvalue weighted by Crippen LogP contribution is -2.25. The van der Waals surface area contributed by atoms with Gasteiger partial charge in [-0.3, -0.25) is 4.79 Å². The third-order valence-electron chi connectivity index (χ3n) is 2.53. The van der Waals surface area contributed by atoms with E-state index in [4.69, 9.17) is 15.0 Å². The number of aromatic nitrogens is 1. The molecule has 0 saturated heterocycles. The Morgan fingerprint density at radius 3 is 3.00 bits per heavy atom. The smallest absolute Gasteiger partial charge is 0.262 e. The summed E-state index contributed by atoms with van der Waals surface area (Å²) in [5.41, 5.74) is 7.69. The summed E-state index contributed by atoms with van der Waals surface area (Å²) in [5.74, 6) is 0.633. The second-order valence-electron chi connectivity index (χ2n) is 3.62. The van der Waals surface area contributed by atoms with E-state index in [0.717, 1.165) is 5.56 Å². The third-order valence-corrected chi connectivity index (χ3v) is 2.53. The Balaban J connectivity index is 2.16. The molecule has 3 N–H and O–H groups in total. The SMILES string of the molecule is Nc1oncc1-c1cccc2c1OCC(=O)N2. The van der Waals surface area contributed by atoms with E-state index >= 15 is 0 Å². The average Bonchev–Trinajstić information content (AvgIpc) is 2.74. The van der Waals surface area contributed by atoms with E-state index in [1.807, 2.05) is 6.07 Å². The summed E-state index contributed by atoms with van der Waals surface area (Å²) in [6.45, 7) is -0.00476. The van der Waals surface area contributed by atoms with Gasteiger partial charge in [0.2, 0.25) is 5.88 Å². The number of para-hydroxylation sites is 1. The topological polar surface area (TPSA) is 90.4 Å². The van der Waals surface area contributed by atoms with E-state index in [9.17, 15) is 4.79 Å². The highest BCUT2D eigenvalue weighted by atomic mass is 16.5. The van der Waals surface area contributed by atoms with Crippen LogP contribution in [0.25, 0.3) is 11.1 Å². The summed E-state index contributed by atoms with van der Waals surface area (Å²) in [4.78, 5) is 11.2. The van der Waals surface area contributed by atoms with E-state index in [2.05, 4.69) is 10.5 Å². The van der Waals surface area contributed by atoms with Crippen molar-refractivity contribution in [1.82, 2.24) is 5.16 Å². The normalized spacial score (nSPS) is 13.8. The number of nitrogen functional groups attached to an aromatic ring is 1. The van der Waals surface area contributed by atoms with Crippen molar-refractivity contribution < 1.29 is 14.1 Å². The largest absolute Gasteiger partial charge is 0.481 e. The van der Waals surface area contributed by atoms with Crippen LogP contribution in [0.1, 0.15) is 0 Å². The fraction of sp³-hybridized carbons (Fsp3) is 0.0909. The molecule has 1 aliphatic heterocycles. The summed E-state index contributed by atoms with van der Waals surface area (Å²) < 4.78 is 10.2. The molecule has 2 aromatic rings. The molecule has 6 heteroatoms. The minimum absolute atomic E-state index is 0.00476. The van der Waals surface area contributed by atoms with Gasteiger partial charge in [-0.2, -0.15) is 0 Å². The maximum absolute atomic E-state index is 11.2. The number of ether oxygens (including phenoxy) is 1. The lowest BCUT2D eigenvalue weighted by Gasteiger charge is -2.20. The van der Waals surface area contributed by atoms with Crippen molar-refractivity contribution in [2.24, 2.45) is 0 Å². The Labute approximate surface area is 96.3 Å². The molecule has 17 heavy (non-hydrogen) atoms. The number of hydrogen-bond donors (Lipinski definition) is 2. The van der Waals surface area contributed by atoms with Crippen molar-refractivity contribution in [3.8, 4) is 16.9 Å². The van der Waals surface area contributed by atoms with Crippen molar-refractivity contribution in [3.05, 3.63) is 24.4 Å². The summed E-state index contributed by atoms with van der Waals surface area (Å²) in [6.07, 6.45) is 1.52. The number of nitrogens with zero attached hydrogens (tertiary/aromatic N) is 1. The van der Waals surface area contributed by atoms with Crippen LogP contribution in [0, 0.1) is 0 Å². The molecule has 0 radical (unpaired) electrons. The maximum atomic E-state index is 11.2. The predicted molar refractivity (Wildman–Crippen MR) is 60.5 cm³/mol. The Kier molecular flexibility index (Phi) is 2.01. The molecule has 1 aliphatic rings. The zero-order valence-electron chi connectivity index (χ0n) is 8.77. The molecule has 0 atom stereocenters. The zero-order chi connectivity index (χ0) is 11.8. The van der Waals surface area contributed by atoms with Crippen LogP contribution in [0.2, 0.25) is 0 Å². The van der Waals surface area contributed by atoms with Gasteiger partial charge in [0, 0.05) is 5.56 Å². The van der Waals surface area contributed by atoms with Crippen molar-refractivity contribution >= 4 is 17.5 Å². The van der Waals surface area contributed by atoms with E-state index in [1.165, 1.54) is 6.20 Å². The van der Waals surface area contributed by atoms with Crippen molar-refractivity contribution in [2.75, 3.05) is 17.7 Å². The first-order valence-electron chi connectivity index (χ1n) is 5.02. The molecular formula is C11H9N3O3. The lowest BCUT2D eigenvalue weighted by molar-refractivity contribution is -0.118. The number of nitrogens with two attached hydrogens (primary N) is 1. The highest BCUT2D eigenvalue weighted by Crippen LogP contribution is 2.40. The van der Waals surface area contributed by atoms with Crippen LogP contribution in [-0.4, -0.2) is 17.7 Å². The lowest BCUT2D eigenvalue weighted by atomic mass is 10.1. The van der Waals surface area contributed by atoms with Gasteiger partial charge >= 0.3 is 0 Å². The fourth-order valence-corrected chi connectivity index (χ4v) is 1.78. The number of nitrogens with one attached hydrogen (secondary N) is 1. The molecule has 0 fully saturated rings. The highest BCUT2D eigenvalue weighted by molar-refractivity contribution is 5.98. The third kappa shape index (κ3) is 1.50. The van der Waals surface area contributed by atoms with Gasteiger partial charge in [-0.1, -0.05) is 17.3 Å². The van der Waals surface area contributed by atoms with Crippen LogP contribution in [0.3, 0.4) is 0 Å². The van der Waals surface area contributed by atoms with E-state index in [1.54, 1.807) is 12.1 Å². The van der Waals surface area contributed by atoms with Crippen molar-refractivity contribution in [3.63, 3.8) is 0 Å². The van der Waals surface area contributed by atoms with Crippen LogP contribution in [0.5, 0.6) is 5.75 Å². The van der Waals surface area contributed by atoms with E-state index in [0.29, 0.717) is 17.0 Å². The standard InChI is InChI=1S/C11H9N3O3/c12-11-7(4-13-17-11)6-2-1-3-8-10(6)16-5-9(15)14-8/h1-4H,5,12H2,(H,14,15). The molecule has 6 nitrogen and oxygen atoms in total. The average molecular weight is 231 g/mol. The number of carbonyl (C=O) groups is 1. The molecule has 86 valence electrons. The molecule has 2 heterocycles. The van der Waals surface area contributed by atoms with Gasteiger partial charge in [0.15, 0.2) is 12.4 Å². The molecule has 1 aromatic carbocycles. The molecule has 1 aromatic heterocycles. The van der Waals surface area contributed by atoms with Crippen LogP contribution < -0.4 is 15.8 Å². The van der Waals surface area contributed by atoms with Crippen molar-refractivity contribution in [2.45, 2.75) is 0 Å². The summed E-state index contributed by atoms with van der Waals surface area (Å²) >= 11 is 0. The number of carbonyl (C=O) groups excluding carboxylic acids is 1. The second-order valence-corrected chi connectivity index (χ2v) is 3.62. The molecule has 0 bridgehead atoms. The second kappa shape index (κ2) is 3.51. The molecule has 3 rings (SSSR count). The number of amides is 1. The van der Waals surface area contributed by atoms with Gasteiger partial charge in [-0.25, -0.2) is 0 Å². The van der Waals surface area contributed by atoms with Gasteiger partial charge in [0.25, 0.3) is 5.91 Å². The Morgan fingerprint density at radius 1 is 1.35 bits per heavy atom. The summed E-state index contributed by atoms with van der Waals surface area (Å²) in [7, 11) is 0. The molecule has 0 unspecified atom stereocenters. The molecule has 0 aliphatic carbocycles. The van der Waals surface area contributed by atoms with Crippen LogP contribution in [-0.2, 0) is 4.79 Å². The zero-order valence-corrected chi connectivity index (χ0v) is 8.77. The van der Waals surface area contributed by atoms with Crippen LogP contribution >= 0.6 is 0 Å². The predicted octanol–water partition coefficient (Wildman–Crippen LogP) is 1.25. The number of benzene rings is 1. The minimum Gasteiger partial charge on any atom is -0.481 e. The first kappa shape index (κ1) is 9.71. The fourth-order valence-electron chi connectivity index (χ4n) is 1.78. The van der Waals surface area contributed by atoms with Gasteiger partial charge in [0.1, 0.15) is 0 Å². The van der Waals surface area contributed by atoms with Crippen LogP contribution in [0.4, 0.5) is 11.6 Å². The van der Waals surface area contributed by atoms with E-state index in [-0.39, 0.29) is 18.4 Å². The number of anilines is 2. The quantitative estimate of drug-likeness (QED) is 0.770. The summed E-state index contributed by atoms with van der Waals surface area (Å²) in [6, 6.07) is 5.40. The number of hydrogen-bond acceptors (Lipinski definition) is 5. The van der Waals surface area contributed by atoms with Crippen LogP contribution in [0.15, 0.2) is 28.9 Å². The highest BCUT2D eigenvalue weighted by Gasteiger charge is 2.21. The number of rotatable bonds is 1. The maximum Gasteiger partial charge on any atom is 0.262 e. The first-order valence-corrected chi connectivity index (χ1v) is 5.02.